The molecule has 3 aromatic rings. The third-order valence-corrected chi connectivity index (χ3v) is 8.42. The molecule has 2 aromatic heterocycles. The zero-order valence-electron chi connectivity index (χ0n) is 12.9. The predicted molar refractivity (Wildman–Crippen MR) is 94.6 cm³/mol. The molecule has 9 heteroatoms. The van der Waals surface area contributed by atoms with Gasteiger partial charge in [0.2, 0.25) is 10.0 Å². The molecule has 1 aromatic carbocycles. The van der Waals surface area contributed by atoms with Crippen LogP contribution < -0.4 is 4.72 Å². The summed E-state index contributed by atoms with van der Waals surface area (Å²) in [5, 5.41) is 0.471. The Morgan fingerprint density at radius 3 is 2.32 bits per heavy atom. The summed E-state index contributed by atoms with van der Waals surface area (Å²) in [5.74, 6) is 0.178. The molecule has 3 rings (SSSR count). The highest BCUT2D eigenvalue weighted by Gasteiger charge is 2.32. The van der Waals surface area contributed by atoms with Crippen LogP contribution in [0.2, 0.25) is 0 Å². The van der Waals surface area contributed by atoms with Crippen molar-refractivity contribution in [2.45, 2.75) is 14.4 Å². The van der Waals surface area contributed by atoms with Crippen LogP contribution in [0, 0.1) is 0 Å². The molecule has 25 heavy (non-hydrogen) atoms. The van der Waals surface area contributed by atoms with E-state index in [0.717, 1.165) is 11.3 Å². The topological polar surface area (TPSA) is 93.4 Å². The Morgan fingerprint density at radius 1 is 0.960 bits per heavy atom. The Hall–Kier alpha value is -1.94. The van der Waals surface area contributed by atoms with Crippen molar-refractivity contribution >= 4 is 31.2 Å². The summed E-state index contributed by atoms with van der Waals surface area (Å²) < 4.78 is 58.2. The largest absolute Gasteiger partial charge is 0.468 e. The molecule has 0 bridgehead atoms. The number of sulfone groups is 1. The van der Waals surface area contributed by atoms with Crippen LogP contribution in [0.15, 0.2) is 79.8 Å². The number of nitrogens with one attached hydrogen (secondary N) is 1. The van der Waals surface area contributed by atoms with E-state index in [0.29, 0.717) is 0 Å². The first kappa shape index (κ1) is 17.9. The second kappa shape index (κ2) is 7.12. The van der Waals surface area contributed by atoms with Crippen LogP contribution in [0.1, 0.15) is 11.0 Å². The fourth-order valence-corrected chi connectivity index (χ4v) is 6.08. The van der Waals surface area contributed by atoms with Crippen molar-refractivity contribution in [2.75, 3.05) is 6.54 Å². The smallest absolute Gasteiger partial charge is 0.250 e. The van der Waals surface area contributed by atoms with Crippen LogP contribution in [0.25, 0.3) is 0 Å². The molecule has 132 valence electrons. The standard InChI is InChI=1S/C16H15NO5S3/c18-24(19,13-6-2-1-3-7-13)15(14-8-4-10-22-14)12-17-25(20,21)16-9-5-11-23-16/h1-11,15,17H,12H2/t15-/m1/s1. The SMILES string of the molecule is O=S(=O)(NC[C@H](c1ccco1)S(=O)(=O)c1ccccc1)c1cccs1. The highest BCUT2D eigenvalue weighted by molar-refractivity contribution is 7.92. The van der Waals surface area contributed by atoms with Crippen molar-refractivity contribution in [3.63, 3.8) is 0 Å². The van der Waals surface area contributed by atoms with Gasteiger partial charge < -0.3 is 4.42 Å². The Bertz CT molecular complexity index is 1010. The van der Waals surface area contributed by atoms with E-state index in [1.165, 1.54) is 30.5 Å². The van der Waals surface area contributed by atoms with E-state index in [-0.39, 0.29) is 21.4 Å². The van der Waals surface area contributed by atoms with Gasteiger partial charge in [-0.3, -0.25) is 0 Å². The van der Waals surface area contributed by atoms with Gasteiger partial charge in [0.25, 0.3) is 0 Å². The maximum absolute atomic E-state index is 12.9. The van der Waals surface area contributed by atoms with Crippen molar-refractivity contribution < 1.29 is 21.3 Å². The van der Waals surface area contributed by atoms with Crippen molar-refractivity contribution in [3.8, 4) is 0 Å². The lowest BCUT2D eigenvalue weighted by atomic mass is 10.3. The van der Waals surface area contributed by atoms with E-state index in [1.807, 2.05) is 0 Å². The first-order valence-corrected chi connectivity index (χ1v) is 11.2. The molecule has 0 fully saturated rings. The van der Waals surface area contributed by atoms with E-state index < -0.39 is 25.1 Å². The van der Waals surface area contributed by atoms with Crippen LogP contribution in [0.3, 0.4) is 0 Å². The van der Waals surface area contributed by atoms with Gasteiger partial charge in [0.15, 0.2) is 9.84 Å². The second-order valence-corrected chi connectivity index (χ2v) is 10.2. The quantitative estimate of drug-likeness (QED) is 0.662. The van der Waals surface area contributed by atoms with Gasteiger partial charge in [-0.1, -0.05) is 24.3 Å². The summed E-state index contributed by atoms with van der Waals surface area (Å²) >= 11 is 1.06. The second-order valence-electron chi connectivity index (χ2n) is 5.15. The lowest BCUT2D eigenvalue weighted by molar-refractivity contribution is 0.487. The van der Waals surface area contributed by atoms with Gasteiger partial charge in [0, 0.05) is 6.54 Å². The fraction of sp³-hybridized carbons (Fsp3) is 0.125. The zero-order valence-corrected chi connectivity index (χ0v) is 15.4. The minimum absolute atomic E-state index is 0.103. The van der Waals surface area contributed by atoms with Gasteiger partial charge in [0.05, 0.1) is 11.2 Å². The summed E-state index contributed by atoms with van der Waals surface area (Å²) in [6.07, 6.45) is 1.36. The van der Waals surface area contributed by atoms with E-state index in [1.54, 1.807) is 35.7 Å². The molecular weight excluding hydrogens is 382 g/mol. The van der Waals surface area contributed by atoms with Crippen molar-refractivity contribution in [3.05, 3.63) is 72.0 Å². The van der Waals surface area contributed by atoms with Crippen molar-refractivity contribution in [1.82, 2.24) is 4.72 Å². The maximum Gasteiger partial charge on any atom is 0.250 e. The van der Waals surface area contributed by atoms with Crippen LogP contribution in [-0.4, -0.2) is 23.4 Å². The molecule has 0 spiro atoms. The molecule has 0 saturated heterocycles. The van der Waals surface area contributed by atoms with Crippen LogP contribution in [-0.2, 0) is 19.9 Å². The highest BCUT2D eigenvalue weighted by Crippen LogP contribution is 2.29. The molecule has 1 N–H and O–H groups in total. The van der Waals surface area contributed by atoms with Crippen LogP contribution in [0.5, 0.6) is 0 Å². The molecule has 0 aliphatic rings. The zero-order chi connectivity index (χ0) is 17.9. The van der Waals surface area contributed by atoms with E-state index in [4.69, 9.17) is 4.42 Å². The molecule has 1 atom stereocenters. The van der Waals surface area contributed by atoms with Gasteiger partial charge in [-0.2, -0.15) is 0 Å². The lowest BCUT2D eigenvalue weighted by Crippen LogP contribution is -2.31. The van der Waals surface area contributed by atoms with Crippen LogP contribution in [0.4, 0.5) is 0 Å². The summed E-state index contributed by atoms with van der Waals surface area (Å²) in [7, 11) is -7.62. The summed E-state index contributed by atoms with van der Waals surface area (Å²) in [6.45, 7) is -0.328. The highest BCUT2D eigenvalue weighted by atomic mass is 32.2. The Kier molecular flexibility index (Phi) is 5.09. The normalized spacial score (nSPS) is 13.6. The first-order valence-electron chi connectivity index (χ1n) is 7.27. The Labute approximate surface area is 150 Å². The Balaban J connectivity index is 1.92. The monoisotopic (exact) mass is 397 g/mol. The number of hydrogen-bond donors (Lipinski definition) is 1. The van der Waals surface area contributed by atoms with Gasteiger partial charge >= 0.3 is 0 Å². The van der Waals surface area contributed by atoms with Crippen molar-refractivity contribution in [2.24, 2.45) is 0 Å². The minimum Gasteiger partial charge on any atom is -0.468 e. The first-order chi connectivity index (χ1) is 11.9. The summed E-state index contributed by atoms with van der Waals surface area (Å²) in [5.41, 5.74) is 0. The molecule has 2 heterocycles. The molecular formula is C16H15NO5S3. The average Bonchev–Trinajstić information content (AvgIpc) is 3.30. The molecule has 0 amide bonds. The molecule has 0 aliphatic heterocycles. The average molecular weight is 397 g/mol. The van der Waals surface area contributed by atoms with Gasteiger partial charge in [-0.15, -0.1) is 11.3 Å². The third-order valence-electron chi connectivity index (χ3n) is 3.53. The Morgan fingerprint density at radius 2 is 1.72 bits per heavy atom. The third kappa shape index (κ3) is 3.84. The van der Waals surface area contributed by atoms with Gasteiger partial charge in [-0.05, 0) is 35.7 Å². The van der Waals surface area contributed by atoms with E-state index in [2.05, 4.69) is 4.72 Å². The molecule has 0 aliphatic carbocycles. The summed E-state index contributed by atoms with van der Waals surface area (Å²) in [4.78, 5) is 0.103. The fourth-order valence-electron chi connectivity index (χ4n) is 2.29. The maximum atomic E-state index is 12.9. The number of benzene rings is 1. The van der Waals surface area contributed by atoms with E-state index in [9.17, 15) is 16.8 Å². The minimum atomic E-state index is -3.83. The van der Waals surface area contributed by atoms with Gasteiger partial charge in [0.1, 0.15) is 15.2 Å². The molecule has 0 saturated carbocycles. The number of hydrogen-bond acceptors (Lipinski definition) is 6. The van der Waals surface area contributed by atoms with Crippen LogP contribution >= 0.6 is 11.3 Å². The number of furan rings is 1. The number of sulfonamides is 1. The van der Waals surface area contributed by atoms with E-state index >= 15 is 0 Å². The molecule has 6 nitrogen and oxygen atoms in total. The summed E-state index contributed by atoms with van der Waals surface area (Å²) in [6, 6.07) is 14.0. The number of rotatable bonds is 7. The predicted octanol–water partition coefficient (Wildman–Crippen LogP) is 2.83. The number of thiophene rings is 1. The molecule has 0 radical (unpaired) electrons. The van der Waals surface area contributed by atoms with Crippen molar-refractivity contribution in [1.29, 1.82) is 0 Å². The molecule has 0 unspecified atom stereocenters. The lowest BCUT2D eigenvalue weighted by Gasteiger charge is -2.16. The van der Waals surface area contributed by atoms with Gasteiger partial charge in [-0.25, -0.2) is 21.6 Å².